The van der Waals surface area contributed by atoms with E-state index in [0.29, 0.717) is 6.54 Å². The van der Waals surface area contributed by atoms with E-state index in [9.17, 15) is 9.59 Å². The summed E-state index contributed by atoms with van der Waals surface area (Å²) in [4.78, 5) is 28.3. The predicted octanol–water partition coefficient (Wildman–Crippen LogP) is 3.25. The smallest absolute Gasteiger partial charge is 0.247 e. The molecule has 0 atom stereocenters. The average molecular weight is 322 g/mol. The zero-order valence-corrected chi connectivity index (χ0v) is 14.4. The molecule has 2 aromatic carbocycles. The van der Waals surface area contributed by atoms with Crippen molar-refractivity contribution in [2.24, 2.45) is 0 Å². The van der Waals surface area contributed by atoms with E-state index in [0.717, 1.165) is 28.9 Å². The molecule has 0 aromatic heterocycles. The van der Waals surface area contributed by atoms with Crippen LogP contribution in [-0.2, 0) is 16.0 Å². The summed E-state index contributed by atoms with van der Waals surface area (Å²) in [5, 5.41) is 0. The lowest BCUT2D eigenvalue weighted by Crippen LogP contribution is -2.42. The maximum atomic E-state index is 12.8. The quantitative estimate of drug-likeness (QED) is 0.870. The minimum absolute atomic E-state index is 0.0462. The molecule has 0 saturated carbocycles. The van der Waals surface area contributed by atoms with Gasteiger partial charge < -0.3 is 9.80 Å². The number of fused-ring (bicyclic) bond motifs is 1. The fraction of sp³-hybridized carbons (Fsp3) is 0.300. The van der Waals surface area contributed by atoms with Gasteiger partial charge in [-0.05, 0) is 43.5 Å². The van der Waals surface area contributed by atoms with Crippen molar-refractivity contribution in [2.75, 3.05) is 22.9 Å². The highest BCUT2D eigenvalue weighted by atomic mass is 16.2. The number of amides is 2. The number of benzene rings is 2. The van der Waals surface area contributed by atoms with E-state index in [-0.39, 0.29) is 18.4 Å². The summed E-state index contributed by atoms with van der Waals surface area (Å²) in [6.07, 6.45) is 0.867. The fourth-order valence-corrected chi connectivity index (χ4v) is 3.29. The molecule has 0 saturated heterocycles. The van der Waals surface area contributed by atoms with Crippen molar-refractivity contribution in [1.82, 2.24) is 0 Å². The molecule has 2 aromatic rings. The van der Waals surface area contributed by atoms with Crippen LogP contribution in [0, 0.1) is 13.8 Å². The van der Waals surface area contributed by atoms with Gasteiger partial charge in [-0.1, -0.05) is 35.9 Å². The van der Waals surface area contributed by atoms with Crippen LogP contribution in [0.1, 0.15) is 23.6 Å². The molecule has 0 spiro atoms. The molecule has 4 nitrogen and oxygen atoms in total. The number of rotatable bonds is 3. The molecular weight excluding hydrogens is 300 g/mol. The topological polar surface area (TPSA) is 40.6 Å². The van der Waals surface area contributed by atoms with Gasteiger partial charge in [-0.2, -0.15) is 0 Å². The summed E-state index contributed by atoms with van der Waals surface area (Å²) < 4.78 is 0. The number of anilines is 2. The highest BCUT2D eigenvalue weighted by Gasteiger charge is 2.27. The summed E-state index contributed by atoms with van der Waals surface area (Å²) >= 11 is 0. The fourth-order valence-electron chi connectivity index (χ4n) is 3.29. The Kier molecular flexibility index (Phi) is 4.38. The first kappa shape index (κ1) is 16.2. The number of aryl methyl sites for hydroxylation is 2. The molecule has 1 aliphatic heterocycles. The van der Waals surface area contributed by atoms with Gasteiger partial charge in [0, 0.05) is 24.8 Å². The van der Waals surface area contributed by atoms with Gasteiger partial charge in [0.1, 0.15) is 6.54 Å². The molecule has 1 heterocycles. The van der Waals surface area contributed by atoms with Crippen LogP contribution in [0.5, 0.6) is 0 Å². The van der Waals surface area contributed by atoms with Crippen molar-refractivity contribution < 1.29 is 9.59 Å². The van der Waals surface area contributed by atoms with E-state index in [1.165, 1.54) is 12.5 Å². The Morgan fingerprint density at radius 3 is 2.58 bits per heavy atom. The van der Waals surface area contributed by atoms with Crippen LogP contribution in [-0.4, -0.2) is 24.9 Å². The van der Waals surface area contributed by atoms with Crippen LogP contribution in [0.4, 0.5) is 11.4 Å². The predicted molar refractivity (Wildman–Crippen MR) is 96.4 cm³/mol. The van der Waals surface area contributed by atoms with Crippen LogP contribution < -0.4 is 9.80 Å². The Hall–Kier alpha value is -2.62. The third kappa shape index (κ3) is 3.04. The molecule has 1 aliphatic rings. The van der Waals surface area contributed by atoms with Crippen molar-refractivity contribution in [3.8, 4) is 0 Å². The number of hydrogen-bond acceptors (Lipinski definition) is 2. The monoisotopic (exact) mass is 322 g/mol. The van der Waals surface area contributed by atoms with Gasteiger partial charge in [-0.3, -0.25) is 9.59 Å². The van der Waals surface area contributed by atoms with E-state index in [4.69, 9.17) is 0 Å². The lowest BCUT2D eigenvalue weighted by atomic mass is 10.1. The number of para-hydroxylation sites is 1. The van der Waals surface area contributed by atoms with Gasteiger partial charge in [0.15, 0.2) is 0 Å². The van der Waals surface area contributed by atoms with Crippen LogP contribution >= 0.6 is 0 Å². The SMILES string of the molecule is CC(=O)N(CC(=O)N1CCc2ccccc21)c1ccc(C)cc1C. The molecule has 2 amide bonds. The zero-order chi connectivity index (χ0) is 17.3. The molecule has 24 heavy (non-hydrogen) atoms. The second kappa shape index (κ2) is 6.48. The van der Waals surface area contributed by atoms with E-state index in [1.807, 2.05) is 50.2 Å². The molecule has 0 bridgehead atoms. The lowest BCUT2D eigenvalue weighted by molar-refractivity contribution is -0.121. The average Bonchev–Trinajstić information content (AvgIpc) is 2.97. The summed E-state index contributed by atoms with van der Waals surface area (Å²) in [5.74, 6) is -0.169. The summed E-state index contributed by atoms with van der Waals surface area (Å²) in [5.41, 5.74) is 5.09. The molecule has 0 unspecified atom stereocenters. The summed E-state index contributed by atoms with van der Waals surface area (Å²) in [7, 11) is 0. The highest BCUT2D eigenvalue weighted by Crippen LogP contribution is 2.28. The molecule has 0 N–H and O–H groups in total. The van der Waals surface area contributed by atoms with Crippen molar-refractivity contribution in [1.29, 1.82) is 0 Å². The van der Waals surface area contributed by atoms with Crippen molar-refractivity contribution >= 4 is 23.2 Å². The van der Waals surface area contributed by atoms with Gasteiger partial charge in [0.05, 0.1) is 0 Å². The van der Waals surface area contributed by atoms with E-state index in [2.05, 4.69) is 6.07 Å². The third-order valence-corrected chi connectivity index (χ3v) is 4.50. The van der Waals surface area contributed by atoms with Crippen LogP contribution in [0.15, 0.2) is 42.5 Å². The first-order valence-electron chi connectivity index (χ1n) is 8.21. The van der Waals surface area contributed by atoms with Gasteiger partial charge in [-0.25, -0.2) is 0 Å². The Labute approximate surface area is 142 Å². The normalized spacial score (nSPS) is 12.9. The minimum atomic E-state index is -0.122. The molecule has 0 fully saturated rings. The van der Waals surface area contributed by atoms with Crippen molar-refractivity contribution in [3.05, 3.63) is 59.2 Å². The molecular formula is C20H22N2O2. The third-order valence-electron chi connectivity index (χ3n) is 4.50. The van der Waals surface area contributed by atoms with Gasteiger partial charge in [0.25, 0.3) is 0 Å². The van der Waals surface area contributed by atoms with Crippen molar-refractivity contribution in [2.45, 2.75) is 27.2 Å². The molecule has 3 rings (SSSR count). The Morgan fingerprint density at radius 2 is 1.88 bits per heavy atom. The standard InChI is InChI=1S/C20H22N2O2/c1-14-8-9-18(15(2)12-14)22(16(3)23)13-20(24)21-11-10-17-6-4-5-7-19(17)21/h4-9,12H,10-11,13H2,1-3H3. The first-order valence-corrected chi connectivity index (χ1v) is 8.21. The maximum Gasteiger partial charge on any atom is 0.247 e. The second-order valence-corrected chi connectivity index (χ2v) is 6.32. The Morgan fingerprint density at radius 1 is 1.12 bits per heavy atom. The van der Waals surface area contributed by atoms with E-state index in [1.54, 1.807) is 9.80 Å². The van der Waals surface area contributed by atoms with Gasteiger partial charge in [0.2, 0.25) is 11.8 Å². The summed E-state index contributed by atoms with van der Waals surface area (Å²) in [6.45, 7) is 6.23. The maximum absolute atomic E-state index is 12.8. The van der Waals surface area contributed by atoms with Crippen LogP contribution in [0.2, 0.25) is 0 Å². The first-order chi connectivity index (χ1) is 11.5. The molecule has 124 valence electrons. The second-order valence-electron chi connectivity index (χ2n) is 6.32. The van der Waals surface area contributed by atoms with Crippen LogP contribution in [0.25, 0.3) is 0 Å². The number of carbonyl (C=O) groups excluding carboxylic acids is 2. The Bertz CT molecular complexity index is 798. The lowest BCUT2D eigenvalue weighted by Gasteiger charge is -2.26. The molecule has 0 radical (unpaired) electrons. The molecule has 0 aliphatic carbocycles. The van der Waals surface area contributed by atoms with Gasteiger partial charge in [-0.15, -0.1) is 0 Å². The Balaban J connectivity index is 1.84. The van der Waals surface area contributed by atoms with Crippen molar-refractivity contribution in [3.63, 3.8) is 0 Å². The highest BCUT2D eigenvalue weighted by molar-refractivity contribution is 6.04. The zero-order valence-electron chi connectivity index (χ0n) is 14.4. The minimum Gasteiger partial charge on any atom is -0.310 e. The number of hydrogen-bond donors (Lipinski definition) is 0. The summed E-state index contributed by atoms with van der Waals surface area (Å²) in [6, 6.07) is 13.9. The number of carbonyl (C=O) groups is 2. The molecule has 4 heteroatoms. The number of nitrogens with zero attached hydrogens (tertiary/aromatic N) is 2. The van der Waals surface area contributed by atoms with E-state index < -0.39 is 0 Å². The van der Waals surface area contributed by atoms with E-state index >= 15 is 0 Å². The van der Waals surface area contributed by atoms with Crippen LogP contribution in [0.3, 0.4) is 0 Å². The largest absolute Gasteiger partial charge is 0.310 e. The van der Waals surface area contributed by atoms with Gasteiger partial charge >= 0.3 is 0 Å².